The fourth-order valence-electron chi connectivity index (χ4n) is 1.72. The van der Waals surface area contributed by atoms with Crippen molar-refractivity contribution in [3.05, 3.63) is 33.9 Å². The molecule has 0 unspecified atom stereocenters. The van der Waals surface area contributed by atoms with Crippen LogP contribution in [-0.4, -0.2) is 21.8 Å². The van der Waals surface area contributed by atoms with E-state index in [0.29, 0.717) is 17.2 Å². The lowest BCUT2D eigenvalue weighted by molar-refractivity contribution is -0.388. The van der Waals surface area contributed by atoms with E-state index in [0.717, 1.165) is 6.07 Å². The van der Waals surface area contributed by atoms with E-state index in [1.165, 1.54) is 0 Å². The highest BCUT2D eigenvalue weighted by molar-refractivity contribution is 6.00. The molecule has 1 saturated heterocycles. The van der Waals surface area contributed by atoms with Gasteiger partial charge >= 0.3 is 6.18 Å². The van der Waals surface area contributed by atoms with Gasteiger partial charge in [0.1, 0.15) is 5.56 Å². The first-order valence-electron chi connectivity index (χ1n) is 5.59. The third-order valence-corrected chi connectivity index (χ3v) is 2.67. The molecule has 112 valence electrons. The highest BCUT2D eigenvalue weighted by Crippen LogP contribution is 2.38. The number of benzene rings is 1. The molecule has 10 heteroatoms. The van der Waals surface area contributed by atoms with E-state index >= 15 is 0 Å². The Kier molecular flexibility index (Phi) is 3.54. The van der Waals surface area contributed by atoms with Crippen LogP contribution in [0.5, 0.6) is 5.75 Å². The number of nitro benzene ring substituents is 1. The number of amides is 2. The molecule has 7 nitrogen and oxygen atoms in total. The van der Waals surface area contributed by atoms with Gasteiger partial charge in [0, 0.05) is 25.0 Å². The largest absolute Gasteiger partial charge is 0.423 e. The third kappa shape index (κ3) is 2.93. The maximum Gasteiger partial charge on any atom is 0.423 e. The minimum Gasteiger partial charge on any atom is -0.369 e. The summed E-state index contributed by atoms with van der Waals surface area (Å²) in [6.07, 6.45) is -5.17. The molecule has 1 aromatic rings. The first-order chi connectivity index (χ1) is 9.70. The second-order valence-corrected chi connectivity index (χ2v) is 4.11. The number of carbonyl (C=O) groups excluding carboxylic acids is 2. The van der Waals surface area contributed by atoms with Gasteiger partial charge in [-0.15, -0.1) is 5.06 Å². The fourth-order valence-corrected chi connectivity index (χ4v) is 1.72. The van der Waals surface area contributed by atoms with E-state index in [4.69, 9.17) is 4.84 Å². The van der Waals surface area contributed by atoms with Crippen molar-refractivity contribution in [3.8, 4) is 5.75 Å². The van der Waals surface area contributed by atoms with Gasteiger partial charge in [0.15, 0.2) is 5.75 Å². The molecule has 1 heterocycles. The van der Waals surface area contributed by atoms with Crippen molar-refractivity contribution in [1.82, 2.24) is 5.06 Å². The molecule has 0 bridgehead atoms. The second kappa shape index (κ2) is 5.04. The van der Waals surface area contributed by atoms with Crippen molar-refractivity contribution in [1.29, 1.82) is 0 Å². The molecule has 1 aliphatic heterocycles. The quantitative estimate of drug-likeness (QED) is 0.484. The molecule has 2 amide bonds. The zero-order valence-corrected chi connectivity index (χ0v) is 10.2. The lowest BCUT2D eigenvalue weighted by Gasteiger charge is -2.15. The van der Waals surface area contributed by atoms with Gasteiger partial charge < -0.3 is 4.84 Å². The Balaban J connectivity index is 2.36. The molecule has 21 heavy (non-hydrogen) atoms. The summed E-state index contributed by atoms with van der Waals surface area (Å²) in [5.74, 6) is -1.87. The number of nitro groups is 1. The summed E-state index contributed by atoms with van der Waals surface area (Å²) in [4.78, 5) is 36.8. The van der Waals surface area contributed by atoms with Crippen molar-refractivity contribution in [2.45, 2.75) is 19.0 Å². The summed E-state index contributed by atoms with van der Waals surface area (Å²) in [6.45, 7) is 0. The van der Waals surface area contributed by atoms with Gasteiger partial charge in [0.25, 0.3) is 17.5 Å². The van der Waals surface area contributed by atoms with Gasteiger partial charge in [-0.05, 0) is 6.07 Å². The maximum atomic E-state index is 12.7. The Hall–Kier alpha value is -2.65. The van der Waals surface area contributed by atoms with Crippen LogP contribution < -0.4 is 4.84 Å². The van der Waals surface area contributed by atoms with E-state index in [2.05, 4.69) is 0 Å². The predicted molar refractivity (Wildman–Crippen MR) is 59.8 cm³/mol. The number of hydrogen-bond donors (Lipinski definition) is 0. The summed E-state index contributed by atoms with van der Waals surface area (Å²) in [7, 11) is 0. The average Bonchev–Trinajstić information content (AvgIpc) is 2.69. The summed E-state index contributed by atoms with van der Waals surface area (Å²) in [6, 6.07) is 1.85. The van der Waals surface area contributed by atoms with Crippen molar-refractivity contribution in [3.63, 3.8) is 0 Å². The monoisotopic (exact) mass is 304 g/mol. The summed E-state index contributed by atoms with van der Waals surface area (Å²) in [5, 5.41) is 10.9. The second-order valence-electron chi connectivity index (χ2n) is 4.11. The molecule has 0 aromatic heterocycles. The third-order valence-electron chi connectivity index (χ3n) is 2.67. The zero-order chi connectivity index (χ0) is 15.8. The zero-order valence-electron chi connectivity index (χ0n) is 10.2. The predicted octanol–water partition coefficient (Wildman–Crippen LogP) is 2.06. The molecule has 1 fully saturated rings. The molecular weight excluding hydrogens is 297 g/mol. The number of halogens is 3. The molecule has 0 aliphatic carbocycles. The topological polar surface area (TPSA) is 89.8 Å². The van der Waals surface area contributed by atoms with Crippen LogP contribution in [0.25, 0.3) is 0 Å². The minimum absolute atomic E-state index is 0.0993. The standard InChI is InChI=1S/C11H7F3N2O5/c12-11(13,14)7-5-6(1-2-8(7)16(19)20)21-15-9(17)3-4-10(15)18/h1-2,5H,3-4H2. The lowest BCUT2D eigenvalue weighted by Crippen LogP contribution is -2.32. The van der Waals surface area contributed by atoms with Crippen molar-refractivity contribution >= 4 is 17.5 Å². The van der Waals surface area contributed by atoms with Gasteiger partial charge in [0.2, 0.25) is 0 Å². The van der Waals surface area contributed by atoms with Crippen LogP contribution in [0.3, 0.4) is 0 Å². The van der Waals surface area contributed by atoms with Crippen molar-refractivity contribution in [2.24, 2.45) is 0 Å². The number of imide groups is 1. The first kappa shape index (κ1) is 14.8. The van der Waals surface area contributed by atoms with Gasteiger partial charge in [0.05, 0.1) is 4.92 Å². The van der Waals surface area contributed by atoms with Crippen LogP contribution in [0, 0.1) is 10.1 Å². The van der Waals surface area contributed by atoms with Gasteiger partial charge in [-0.2, -0.15) is 13.2 Å². The van der Waals surface area contributed by atoms with Crippen LogP contribution in [0.1, 0.15) is 18.4 Å². The number of alkyl halides is 3. The molecule has 0 radical (unpaired) electrons. The maximum absolute atomic E-state index is 12.7. The SMILES string of the molecule is O=C1CCC(=O)N1Oc1ccc([N+](=O)[O-])c(C(F)(F)F)c1. The van der Waals surface area contributed by atoms with Gasteiger partial charge in [-0.25, -0.2) is 0 Å². The number of hydroxylamine groups is 2. The Morgan fingerprint density at radius 3 is 2.24 bits per heavy atom. The molecule has 1 aromatic carbocycles. The van der Waals surface area contributed by atoms with Gasteiger partial charge in [-0.1, -0.05) is 0 Å². The van der Waals surface area contributed by atoms with E-state index in [-0.39, 0.29) is 12.8 Å². The van der Waals surface area contributed by atoms with Crippen LogP contribution >= 0.6 is 0 Å². The number of hydrogen-bond acceptors (Lipinski definition) is 5. The molecular formula is C11H7F3N2O5. The summed E-state index contributed by atoms with van der Waals surface area (Å²) >= 11 is 0. The number of nitrogens with zero attached hydrogens (tertiary/aromatic N) is 2. The highest BCUT2D eigenvalue weighted by Gasteiger charge is 2.39. The molecule has 0 N–H and O–H groups in total. The summed E-state index contributed by atoms with van der Waals surface area (Å²) < 4.78 is 38.2. The molecule has 2 rings (SSSR count). The summed E-state index contributed by atoms with van der Waals surface area (Å²) in [5.41, 5.74) is -2.67. The molecule has 0 spiro atoms. The van der Waals surface area contributed by atoms with Crippen LogP contribution in [0.4, 0.5) is 18.9 Å². The number of carbonyl (C=O) groups is 2. The smallest absolute Gasteiger partial charge is 0.369 e. The van der Waals surface area contributed by atoms with Crippen LogP contribution in [0.15, 0.2) is 18.2 Å². The normalized spacial score (nSPS) is 15.5. The Morgan fingerprint density at radius 2 is 1.76 bits per heavy atom. The first-order valence-corrected chi connectivity index (χ1v) is 5.59. The van der Waals surface area contributed by atoms with Crippen LogP contribution in [0.2, 0.25) is 0 Å². The lowest BCUT2D eigenvalue weighted by atomic mass is 10.1. The van der Waals surface area contributed by atoms with E-state index in [1.807, 2.05) is 0 Å². The van der Waals surface area contributed by atoms with Crippen molar-refractivity contribution in [2.75, 3.05) is 0 Å². The van der Waals surface area contributed by atoms with Crippen LogP contribution in [-0.2, 0) is 15.8 Å². The Morgan fingerprint density at radius 1 is 1.19 bits per heavy atom. The average molecular weight is 304 g/mol. The van der Waals surface area contributed by atoms with Crippen molar-refractivity contribution < 1.29 is 32.5 Å². The molecule has 0 saturated carbocycles. The molecule has 0 atom stereocenters. The number of rotatable bonds is 3. The van der Waals surface area contributed by atoms with Gasteiger partial charge in [-0.3, -0.25) is 19.7 Å². The van der Waals surface area contributed by atoms with E-state index in [9.17, 15) is 32.9 Å². The molecule has 1 aliphatic rings. The highest BCUT2D eigenvalue weighted by atomic mass is 19.4. The van der Waals surface area contributed by atoms with E-state index < -0.39 is 39.9 Å². The Labute approximate surface area is 115 Å². The fraction of sp³-hybridized carbons (Fsp3) is 0.273. The van der Waals surface area contributed by atoms with E-state index in [1.54, 1.807) is 0 Å². The minimum atomic E-state index is -4.97. The Bertz CT molecular complexity index is 613.